The molecule has 0 saturated heterocycles. The number of nitrogens with zero attached hydrogens (tertiary/aromatic N) is 1. The summed E-state index contributed by atoms with van der Waals surface area (Å²) in [5, 5.41) is 31.4. The summed E-state index contributed by atoms with van der Waals surface area (Å²) in [5.74, 6) is 0. The Labute approximate surface area is 86.5 Å². The molecule has 0 fully saturated rings. The standard InChI is InChI=1S/CH2O3.2Co.NO3.2H2O/c2-1(3)4;;;2-1(3)4;;/h(H2,2,3,4);;;;2*1H2/q;2*+2;-1;;/p-3. The predicted molar refractivity (Wildman–Crippen MR) is 21.3 cm³/mol. The summed E-state index contributed by atoms with van der Waals surface area (Å²) >= 11 is 0. The molecule has 0 aliphatic carbocycles. The van der Waals surface area contributed by atoms with Gasteiger partial charge in [0.2, 0.25) is 0 Å². The van der Waals surface area contributed by atoms with Crippen molar-refractivity contribution in [2.45, 2.75) is 0 Å². The van der Waals surface area contributed by atoms with Crippen molar-refractivity contribution in [2.24, 2.45) is 0 Å². The molecule has 0 bridgehead atoms. The third-order valence-electron chi connectivity index (χ3n) is 0. The van der Waals surface area contributed by atoms with Gasteiger partial charge in [-0.2, -0.15) is 0 Å². The summed E-state index contributed by atoms with van der Waals surface area (Å²) in [4.78, 5) is 16.6. The second-order valence-corrected chi connectivity index (χ2v) is 0.474. The first kappa shape index (κ1) is 42.3. The van der Waals surface area contributed by atoms with Gasteiger partial charge >= 0.3 is 33.6 Å². The maximum absolute atomic E-state index is 8.33. The summed E-state index contributed by atoms with van der Waals surface area (Å²) < 4.78 is 0. The van der Waals surface area contributed by atoms with Crippen LogP contribution in [0.1, 0.15) is 0 Å². The van der Waals surface area contributed by atoms with Crippen LogP contribution < -0.4 is 10.2 Å². The minimum Gasteiger partial charge on any atom is -0.870 e. The van der Waals surface area contributed by atoms with Gasteiger partial charge in [-0.1, -0.05) is 0 Å². The van der Waals surface area contributed by atoms with Crippen LogP contribution in [-0.4, -0.2) is 22.2 Å². The van der Waals surface area contributed by atoms with Crippen molar-refractivity contribution in [3.05, 3.63) is 15.3 Å². The van der Waals surface area contributed by atoms with E-state index in [0.717, 1.165) is 0 Å². The van der Waals surface area contributed by atoms with Crippen molar-refractivity contribution in [3.8, 4) is 0 Å². The first-order chi connectivity index (χ1) is 3.46. The molecule has 78 valence electrons. The third-order valence-corrected chi connectivity index (χ3v) is 0. The molecule has 0 amide bonds. The number of rotatable bonds is 0. The van der Waals surface area contributed by atoms with E-state index in [-0.39, 0.29) is 44.5 Å². The van der Waals surface area contributed by atoms with Crippen molar-refractivity contribution in [2.75, 3.05) is 0 Å². The van der Waals surface area contributed by atoms with Crippen LogP contribution in [0.5, 0.6) is 0 Å². The normalized spacial score (nSPS) is 4.00. The molecule has 0 aliphatic heterocycles. The summed E-state index contributed by atoms with van der Waals surface area (Å²) in [6.45, 7) is 0. The number of hydrogen-bond donors (Lipinski definition) is 0. The molecule has 0 aromatic carbocycles. The molecule has 0 aromatic rings. The van der Waals surface area contributed by atoms with E-state index in [0.29, 0.717) is 0 Å². The van der Waals surface area contributed by atoms with Crippen molar-refractivity contribution < 1.29 is 64.6 Å². The molecule has 0 heterocycles. The molecular weight excluding hydrogens is 272 g/mol. The Bertz CT molecular complexity index is 75.1. The first-order valence-corrected chi connectivity index (χ1v) is 1.16. The Morgan fingerprint density at radius 1 is 1.08 bits per heavy atom. The van der Waals surface area contributed by atoms with Crippen LogP contribution in [0.4, 0.5) is 4.79 Å². The predicted octanol–water partition coefficient (Wildman–Crippen LogP) is -3.69. The average molecular weight is 275 g/mol. The minimum atomic E-state index is -2.33. The molecule has 0 aromatic heterocycles. The number of carboxylic acid groups (broad SMARTS) is 2. The fourth-order valence-corrected chi connectivity index (χ4v) is 0. The van der Waals surface area contributed by atoms with Gasteiger partial charge in [-0.15, -0.1) is 0 Å². The van der Waals surface area contributed by atoms with E-state index in [9.17, 15) is 0 Å². The van der Waals surface area contributed by atoms with Crippen molar-refractivity contribution in [3.63, 3.8) is 0 Å². The van der Waals surface area contributed by atoms with E-state index in [2.05, 4.69) is 0 Å². The number of hydrogen-bond acceptors (Lipinski definition) is 7. The van der Waals surface area contributed by atoms with Gasteiger partial charge in [-0.05, 0) is 6.16 Å². The quantitative estimate of drug-likeness (QED) is 0.320. The molecule has 11 heteroatoms. The Kier molecular flexibility index (Phi) is 111. The van der Waals surface area contributed by atoms with Gasteiger partial charge in [0.25, 0.3) is 0 Å². The summed E-state index contributed by atoms with van der Waals surface area (Å²) in [6, 6.07) is 0. The fraction of sp³-hybridized carbons (Fsp3) is 0. The zero-order valence-electron chi connectivity index (χ0n) is 5.01. The molecule has 0 unspecified atom stereocenters. The van der Waals surface area contributed by atoms with Gasteiger partial charge in [0.05, 0.1) is 5.09 Å². The third kappa shape index (κ3) is 1860. The maximum atomic E-state index is 8.33. The van der Waals surface area contributed by atoms with Gasteiger partial charge in [-0.25, -0.2) is 0 Å². The zero-order chi connectivity index (χ0) is 7.15. The summed E-state index contributed by atoms with van der Waals surface area (Å²) in [6.07, 6.45) is -2.33. The molecule has 0 rings (SSSR count). The Morgan fingerprint density at radius 3 is 1.08 bits per heavy atom. The van der Waals surface area contributed by atoms with Crippen molar-refractivity contribution in [1.82, 2.24) is 0 Å². The Morgan fingerprint density at radius 2 is 1.08 bits per heavy atom. The van der Waals surface area contributed by atoms with Crippen LogP contribution in [0.3, 0.4) is 0 Å². The van der Waals surface area contributed by atoms with E-state index >= 15 is 0 Å². The van der Waals surface area contributed by atoms with Crippen LogP contribution in [0.2, 0.25) is 0 Å². The topological polar surface area (TPSA) is 191 Å². The number of carbonyl (C=O) groups is 1. The van der Waals surface area contributed by atoms with Crippen LogP contribution in [0.15, 0.2) is 0 Å². The van der Waals surface area contributed by atoms with Crippen LogP contribution in [-0.2, 0) is 33.6 Å². The average Bonchev–Trinajstić information content (AvgIpc) is 1.25. The fourth-order valence-electron chi connectivity index (χ4n) is 0. The monoisotopic (exact) mass is 275 g/mol. The van der Waals surface area contributed by atoms with E-state index in [1.807, 2.05) is 0 Å². The molecule has 12 heavy (non-hydrogen) atoms. The van der Waals surface area contributed by atoms with Gasteiger partial charge in [0.15, 0.2) is 0 Å². The largest absolute Gasteiger partial charge is 2.00 e. The smallest absolute Gasteiger partial charge is 0.870 e. The molecule has 2 radical (unpaired) electrons. The van der Waals surface area contributed by atoms with E-state index < -0.39 is 11.2 Å². The van der Waals surface area contributed by atoms with E-state index in [4.69, 9.17) is 30.3 Å². The molecule has 9 nitrogen and oxygen atoms in total. The summed E-state index contributed by atoms with van der Waals surface area (Å²) in [5.41, 5.74) is 0. The maximum Gasteiger partial charge on any atom is 2.00 e. The van der Waals surface area contributed by atoms with Gasteiger partial charge in [0, 0.05) is 0 Å². The summed E-state index contributed by atoms with van der Waals surface area (Å²) in [7, 11) is 0. The van der Waals surface area contributed by atoms with Crippen LogP contribution >= 0.6 is 0 Å². The molecule has 0 aliphatic rings. The Balaban J connectivity index is -0.0000000112. The number of carbonyl (C=O) groups excluding carboxylic acids is 1. The van der Waals surface area contributed by atoms with Crippen LogP contribution in [0.25, 0.3) is 0 Å². The van der Waals surface area contributed by atoms with Gasteiger partial charge in [0.1, 0.15) is 0 Å². The van der Waals surface area contributed by atoms with Crippen molar-refractivity contribution in [1.29, 1.82) is 0 Å². The molecule has 0 atom stereocenters. The molecule has 0 spiro atoms. The van der Waals surface area contributed by atoms with E-state index in [1.54, 1.807) is 0 Å². The second-order valence-electron chi connectivity index (χ2n) is 0.474. The first-order valence-electron chi connectivity index (χ1n) is 1.16. The molecular formula is CH3Co2NO8. The molecule has 0 saturated carbocycles. The minimum absolute atomic E-state index is 0. The SMILES string of the molecule is O.O=C([O-])[O-].O=[N+]([O-])[O-].[Co+2].[Co+2].[OH-]. The molecule has 3 N–H and O–H groups in total. The van der Waals surface area contributed by atoms with Crippen LogP contribution in [0, 0.1) is 15.3 Å². The Hall–Kier alpha value is -0.597. The van der Waals surface area contributed by atoms with Crippen molar-refractivity contribution >= 4 is 6.16 Å². The zero-order valence-corrected chi connectivity index (χ0v) is 7.09. The van der Waals surface area contributed by atoms with E-state index in [1.165, 1.54) is 0 Å². The van der Waals surface area contributed by atoms with Gasteiger partial charge < -0.3 is 41.3 Å². The second kappa shape index (κ2) is 31.5. The van der Waals surface area contributed by atoms with Gasteiger partial charge in [-0.3, -0.25) is 0 Å².